The van der Waals surface area contributed by atoms with Gasteiger partial charge in [0, 0.05) is 73.6 Å². The van der Waals surface area contributed by atoms with E-state index in [4.69, 9.17) is 19.0 Å². The molecule has 0 bridgehead atoms. The number of aromatic nitrogens is 4. The standard InChI is InChI=1S/C63H75N9O8S/c1-36(40-13-15-43(16-14-40)58-38(3)65-35-81-58)66-61(76)53-31-47(73)33-71(53)62(77)59(63(5,6)7)68-54(74)34-70-23-19-48(20-24-70)79-49-29-46(30-49)67-60(75)44-17-18-50-51(27-44)72(57(41-11-9-8-10-12-41)42-21-25-78-26-22-42)52-28-45(32-64-56(50)52)55-37(2)69-80-39(55)4/h8-18,27-28,32,35-36,42,46-49,53,57,59,73H,19-26,29-31,33-34H2,1-7H3,(H,66,76)(H,67,75)(H,68,74)/t36-,46?,47+,49?,53-,57?,59+/m0/s1. The number of hydrogen-bond acceptors (Lipinski definition) is 13. The van der Waals surface area contributed by atoms with Crippen molar-refractivity contribution in [2.75, 3.05) is 39.4 Å². The molecule has 426 valence electrons. The summed E-state index contributed by atoms with van der Waals surface area (Å²) in [5, 5.41) is 25.4. The van der Waals surface area contributed by atoms with Gasteiger partial charge in [0.1, 0.15) is 17.8 Å². The minimum Gasteiger partial charge on any atom is -0.391 e. The van der Waals surface area contributed by atoms with Crippen LogP contribution in [0.15, 0.2) is 95.1 Å². The van der Waals surface area contributed by atoms with Gasteiger partial charge in [-0.15, -0.1) is 11.3 Å². The number of piperidine rings is 1. The Hall–Kier alpha value is -6.83. The molecule has 4 fully saturated rings. The van der Waals surface area contributed by atoms with E-state index in [-0.39, 0.29) is 67.6 Å². The van der Waals surface area contributed by atoms with Crippen LogP contribution in [-0.2, 0) is 23.9 Å². The van der Waals surface area contributed by atoms with Crippen LogP contribution in [0.5, 0.6) is 0 Å². The van der Waals surface area contributed by atoms with E-state index < -0.39 is 29.5 Å². The van der Waals surface area contributed by atoms with Crippen LogP contribution < -0.4 is 16.0 Å². The predicted molar refractivity (Wildman–Crippen MR) is 312 cm³/mol. The fourth-order valence-corrected chi connectivity index (χ4v) is 13.5. The van der Waals surface area contributed by atoms with Crippen molar-refractivity contribution >= 4 is 56.9 Å². The number of thiazole rings is 1. The fraction of sp³-hybridized carbons (Fsp3) is 0.476. The highest BCUT2D eigenvalue weighted by Crippen LogP contribution is 2.42. The van der Waals surface area contributed by atoms with Crippen molar-refractivity contribution < 1.29 is 38.3 Å². The summed E-state index contributed by atoms with van der Waals surface area (Å²) < 4.78 is 20.4. The van der Waals surface area contributed by atoms with Crippen molar-refractivity contribution in [3.8, 4) is 21.6 Å². The van der Waals surface area contributed by atoms with Crippen LogP contribution in [0.1, 0.15) is 123 Å². The number of hydrogen-bond donors (Lipinski definition) is 4. The zero-order valence-corrected chi connectivity index (χ0v) is 48.3. The van der Waals surface area contributed by atoms with Gasteiger partial charge in [-0.3, -0.25) is 29.1 Å². The summed E-state index contributed by atoms with van der Waals surface area (Å²) in [7, 11) is 0. The lowest BCUT2D eigenvalue weighted by Gasteiger charge is -2.40. The van der Waals surface area contributed by atoms with Crippen molar-refractivity contribution in [1.82, 2.24) is 45.4 Å². The van der Waals surface area contributed by atoms with Gasteiger partial charge in [-0.25, -0.2) is 4.98 Å². The van der Waals surface area contributed by atoms with E-state index >= 15 is 0 Å². The molecule has 4 aromatic heterocycles. The minimum absolute atomic E-state index is 0.000352. The lowest BCUT2D eigenvalue weighted by atomic mass is 9.85. The second-order valence-corrected chi connectivity index (χ2v) is 24.8. The third kappa shape index (κ3) is 11.9. The second-order valence-electron chi connectivity index (χ2n) is 24.0. The summed E-state index contributed by atoms with van der Waals surface area (Å²) in [6.07, 6.45) is 5.92. The van der Waals surface area contributed by atoms with Gasteiger partial charge in [0.25, 0.3) is 5.91 Å². The summed E-state index contributed by atoms with van der Waals surface area (Å²) in [5.41, 5.74) is 11.3. The molecule has 3 aromatic carbocycles. The third-order valence-corrected chi connectivity index (χ3v) is 18.1. The van der Waals surface area contributed by atoms with Crippen LogP contribution in [0.3, 0.4) is 0 Å². The largest absolute Gasteiger partial charge is 0.391 e. The van der Waals surface area contributed by atoms with Gasteiger partial charge in [-0.05, 0) is 119 Å². The quantitative estimate of drug-likeness (QED) is 0.0716. The number of aliphatic hydroxyl groups is 1. The molecular formula is C63H75N9O8S. The molecule has 0 spiro atoms. The molecular weight excluding hydrogens is 1040 g/mol. The molecule has 1 saturated carbocycles. The van der Waals surface area contributed by atoms with E-state index in [9.17, 15) is 24.3 Å². The van der Waals surface area contributed by atoms with E-state index in [2.05, 4.69) is 65.9 Å². The first-order chi connectivity index (χ1) is 39.0. The van der Waals surface area contributed by atoms with Crippen LogP contribution in [-0.4, -0.2) is 134 Å². The normalized spacial score (nSPS) is 21.4. The Bertz CT molecular complexity index is 3380. The Morgan fingerprint density at radius 2 is 1.57 bits per heavy atom. The van der Waals surface area contributed by atoms with Crippen molar-refractivity contribution in [2.45, 2.75) is 142 Å². The number of pyridine rings is 1. The van der Waals surface area contributed by atoms with Gasteiger partial charge in [0.05, 0.1) is 75.3 Å². The number of aliphatic hydroxyl groups excluding tert-OH is 1. The van der Waals surface area contributed by atoms with Crippen molar-refractivity contribution in [3.63, 3.8) is 0 Å². The number of carbonyl (C=O) groups is 4. The molecule has 3 aliphatic heterocycles. The number of rotatable bonds is 16. The number of aryl methyl sites for hydroxylation is 3. The maximum atomic E-state index is 14.4. The molecule has 81 heavy (non-hydrogen) atoms. The van der Waals surface area contributed by atoms with Gasteiger partial charge in [-0.1, -0.05) is 80.5 Å². The molecule has 11 rings (SSSR count). The van der Waals surface area contributed by atoms with E-state index in [1.165, 1.54) is 10.5 Å². The molecule has 1 unspecified atom stereocenters. The number of benzene rings is 3. The maximum Gasteiger partial charge on any atom is 0.251 e. The summed E-state index contributed by atoms with van der Waals surface area (Å²) in [4.78, 5) is 70.2. The highest BCUT2D eigenvalue weighted by molar-refractivity contribution is 7.13. The number of fused-ring (bicyclic) bond motifs is 3. The Kier molecular flexibility index (Phi) is 16.3. The number of likely N-dealkylation sites (tertiary alicyclic amines) is 2. The Morgan fingerprint density at radius 1 is 0.827 bits per heavy atom. The summed E-state index contributed by atoms with van der Waals surface area (Å²) >= 11 is 1.58. The zero-order chi connectivity index (χ0) is 56.7. The van der Waals surface area contributed by atoms with Gasteiger partial charge in [0.15, 0.2) is 0 Å². The summed E-state index contributed by atoms with van der Waals surface area (Å²) in [5.74, 6) is -0.113. The lowest BCUT2D eigenvalue weighted by Crippen LogP contribution is -2.59. The highest BCUT2D eigenvalue weighted by atomic mass is 32.1. The van der Waals surface area contributed by atoms with Crippen molar-refractivity contribution in [1.29, 1.82) is 0 Å². The first-order valence-corrected chi connectivity index (χ1v) is 29.6. The van der Waals surface area contributed by atoms with Gasteiger partial charge >= 0.3 is 0 Å². The maximum absolute atomic E-state index is 14.4. The molecule has 0 radical (unpaired) electrons. The van der Waals surface area contributed by atoms with Crippen LogP contribution in [0.4, 0.5) is 0 Å². The molecule has 1 aliphatic carbocycles. The number of ether oxygens (including phenoxy) is 2. The van der Waals surface area contributed by atoms with Crippen molar-refractivity contribution in [2.24, 2.45) is 11.3 Å². The van der Waals surface area contributed by atoms with Crippen LogP contribution in [0, 0.1) is 32.1 Å². The van der Waals surface area contributed by atoms with Gasteiger partial charge in [-0.2, -0.15) is 0 Å². The number of amides is 4. The molecule has 7 heterocycles. The van der Waals surface area contributed by atoms with E-state index in [0.29, 0.717) is 50.6 Å². The highest BCUT2D eigenvalue weighted by Gasteiger charge is 2.45. The first kappa shape index (κ1) is 56.1. The first-order valence-electron chi connectivity index (χ1n) is 28.7. The molecule has 4 aliphatic rings. The summed E-state index contributed by atoms with van der Waals surface area (Å²) in [6.45, 7) is 16.2. The Balaban J connectivity index is 0.684. The molecule has 17 nitrogen and oxygen atoms in total. The van der Waals surface area contributed by atoms with Gasteiger partial charge in [0.2, 0.25) is 17.7 Å². The van der Waals surface area contributed by atoms with Crippen LogP contribution >= 0.6 is 11.3 Å². The monoisotopic (exact) mass is 1120 g/mol. The van der Waals surface area contributed by atoms with Gasteiger partial charge < -0.3 is 44.5 Å². The minimum atomic E-state index is -0.923. The smallest absolute Gasteiger partial charge is 0.251 e. The molecule has 5 atom stereocenters. The van der Waals surface area contributed by atoms with Crippen LogP contribution in [0.2, 0.25) is 0 Å². The molecule has 3 saturated heterocycles. The van der Waals surface area contributed by atoms with E-state index in [1.807, 2.05) is 109 Å². The van der Waals surface area contributed by atoms with Crippen molar-refractivity contribution in [3.05, 3.63) is 124 Å². The average molecular weight is 1120 g/mol. The fourth-order valence-electron chi connectivity index (χ4n) is 12.7. The second kappa shape index (κ2) is 23.6. The lowest BCUT2D eigenvalue weighted by molar-refractivity contribution is -0.144. The number of nitrogens with one attached hydrogen (secondary N) is 3. The van der Waals surface area contributed by atoms with E-state index in [1.54, 1.807) is 11.3 Å². The summed E-state index contributed by atoms with van der Waals surface area (Å²) in [6, 6.07) is 24.6. The molecule has 4 amide bonds. The molecule has 7 aromatic rings. The average Bonchev–Trinajstić information content (AvgIpc) is 4.40. The van der Waals surface area contributed by atoms with Crippen LogP contribution in [0.25, 0.3) is 43.5 Å². The number of carbonyl (C=O) groups excluding carboxylic acids is 4. The van der Waals surface area contributed by atoms with E-state index in [0.717, 1.165) is 91.9 Å². The molecule has 4 N–H and O–H groups in total. The Labute approximate surface area is 477 Å². The molecule has 18 heteroatoms. The third-order valence-electron chi connectivity index (χ3n) is 17.1. The SMILES string of the molecule is Cc1ncsc1-c1ccc([C@H](C)NC(=O)[C@@H]2C[C@@H](O)CN2C(=O)[C@@H](NC(=O)CN2CCC(OC3CC(NC(=O)c4ccc5c6ncc(-c7c(C)noc7C)cc6n(C(c6ccccc6)C6CCOCC6)c5c4)C3)CC2)C(C)(C)C)cc1. The Morgan fingerprint density at radius 3 is 2.25 bits per heavy atom. The number of β-amino-alcohol motifs (C(OH)–C–C–N with tert-alkyl or cyclic N) is 1. The predicted octanol–water partition coefficient (Wildman–Crippen LogP) is 9.02. The zero-order valence-electron chi connectivity index (χ0n) is 47.4. The number of nitrogens with zero attached hydrogens (tertiary/aromatic N) is 6. The topological polar surface area (TPSA) is 206 Å².